The first-order valence-corrected chi connectivity index (χ1v) is 11.4. The predicted molar refractivity (Wildman–Crippen MR) is 127 cm³/mol. The number of carbonyl (C=O) groups excluding carboxylic acids is 1. The molecule has 3 aromatic rings. The Balaban J connectivity index is 1.78. The van der Waals surface area contributed by atoms with Gasteiger partial charge >= 0.3 is 0 Å². The highest BCUT2D eigenvalue weighted by molar-refractivity contribution is 7.21. The van der Waals surface area contributed by atoms with E-state index in [1.165, 1.54) is 16.9 Å². The van der Waals surface area contributed by atoms with Crippen molar-refractivity contribution in [2.24, 2.45) is 0 Å². The molecule has 8 nitrogen and oxygen atoms in total. The van der Waals surface area contributed by atoms with Gasteiger partial charge in [0.15, 0.2) is 0 Å². The number of piperazine rings is 1. The van der Waals surface area contributed by atoms with Gasteiger partial charge in [-0.25, -0.2) is 4.98 Å². The number of carbonyl (C=O) groups is 1. The fourth-order valence-electron chi connectivity index (χ4n) is 4.10. The standard InChI is InChI=1S/C23H26N6O2S/c1-2-14-3-5-15(6-4-14)17-16(13-24)21(26)27-22-18(17)19(25)20(32-22)23(31)29-9-7-28(8-10-29)11-12-30/h3-6,30H,2,7-12,25H2,1H3,(H2,26,27). The van der Waals surface area contributed by atoms with Gasteiger partial charge in [0.25, 0.3) is 5.91 Å². The van der Waals surface area contributed by atoms with Gasteiger partial charge in [0, 0.05) is 43.7 Å². The number of nitrogens with two attached hydrogens (primary N) is 2. The van der Waals surface area contributed by atoms with Crippen LogP contribution in [0.2, 0.25) is 0 Å². The number of β-amino-alcohol motifs (C(OH)–C–C–N with tert-alkyl or cyclic N) is 1. The van der Waals surface area contributed by atoms with E-state index >= 15 is 0 Å². The number of pyridine rings is 1. The van der Waals surface area contributed by atoms with Crippen LogP contribution < -0.4 is 11.5 Å². The maximum atomic E-state index is 13.3. The average Bonchev–Trinajstić information content (AvgIpc) is 3.14. The number of hydrogen-bond donors (Lipinski definition) is 3. The first-order valence-electron chi connectivity index (χ1n) is 10.6. The second-order valence-corrected chi connectivity index (χ2v) is 8.79. The number of aliphatic hydroxyl groups is 1. The number of amides is 1. The van der Waals surface area contributed by atoms with E-state index < -0.39 is 0 Å². The van der Waals surface area contributed by atoms with Crippen LogP contribution in [0, 0.1) is 11.3 Å². The first-order chi connectivity index (χ1) is 15.5. The molecule has 0 spiro atoms. The zero-order chi connectivity index (χ0) is 22.8. The lowest BCUT2D eigenvalue weighted by Crippen LogP contribution is -2.49. The van der Waals surface area contributed by atoms with Gasteiger partial charge in [-0.05, 0) is 17.5 Å². The molecule has 9 heteroatoms. The summed E-state index contributed by atoms with van der Waals surface area (Å²) in [4.78, 5) is 22.6. The topological polar surface area (TPSA) is 132 Å². The Morgan fingerprint density at radius 3 is 2.50 bits per heavy atom. The number of rotatable bonds is 5. The molecular weight excluding hydrogens is 424 g/mol. The molecule has 4 rings (SSSR count). The third-order valence-corrected chi connectivity index (χ3v) is 7.02. The number of fused-ring (bicyclic) bond motifs is 1. The minimum Gasteiger partial charge on any atom is -0.397 e. The van der Waals surface area contributed by atoms with Gasteiger partial charge in [-0.2, -0.15) is 5.26 Å². The van der Waals surface area contributed by atoms with E-state index in [1.807, 2.05) is 24.3 Å². The molecule has 1 saturated heterocycles. The van der Waals surface area contributed by atoms with E-state index in [0.29, 0.717) is 59.1 Å². The van der Waals surface area contributed by atoms with Crippen molar-refractivity contribution in [2.75, 3.05) is 50.8 Å². The second kappa shape index (κ2) is 9.12. The number of anilines is 2. The lowest BCUT2D eigenvalue weighted by Gasteiger charge is -2.34. The van der Waals surface area contributed by atoms with Crippen molar-refractivity contribution in [1.29, 1.82) is 5.26 Å². The van der Waals surface area contributed by atoms with Crippen LogP contribution in [0.25, 0.3) is 21.3 Å². The van der Waals surface area contributed by atoms with Crippen molar-refractivity contribution in [2.45, 2.75) is 13.3 Å². The van der Waals surface area contributed by atoms with Gasteiger partial charge in [-0.1, -0.05) is 31.2 Å². The maximum Gasteiger partial charge on any atom is 0.266 e. The van der Waals surface area contributed by atoms with Crippen molar-refractivity contribution in [3.8, 4) is 17.2 Å². The number of aliphatic hydroxyl groups excluding tert-OH is 1. The normalized spacial score (nSPS) is 14.6. The zero-order valence-corrected chi connectivity index (χ0v) is 18.8. The number of thiophene rings is 1. The molecule has 1 aromatic carbocycles. The van der Waals surface area contributed by atoms with E-state index in [2.05, 4.69) is 22.9 Å². The monoisotopic (exact) mass is 450 g/mol. The highest BCUT2D eigenvalue weighted by Crippen LogP contribution is 2.43. The molecule has 1 aliphatic heterocycles. The lowest BCUT2D eigenvalue weighted by molar-refractivity contribution is 0.0620. The molecular formula is C23H26N6O2S. The lowest BCUT2D eigenvalue weighted by atomic mass is 9.96. The van der Waals surface area contributed by atoms with Gasteiger partial charge in [0.1, 0.15) is 27.2 Å². The number of aromatic nitrogens is 1. The van der Waals surface area contributed by atoms with E-state index in [9.17, 15) is 10.1 Å². The van der Waals surface area contributed by atoms with Gasteiger partial charge < -0.3 is 21.5 Å². The average molecular weight is 451 g/mol. The Bertz CT molecular complexity index is 1190. The Morgan fingerprint density at radius 2 is 1.91 bits per heavy atom. The molecule has 0 unspecified atom stereocenters. The summed E-state index contributed by atoms with van der Waals surface area (Å²) in [6, 6.07) is 10.1. The van der Waals surface area contributed by atoms with Crippen LogP contribution in [0.5, 0.6) is 0 Å². The largest absolute Gasteiger partial charge is 0.397 e. The SMILES string of the molecule is CCc1ccc(-c2c(C#N)c(N)nc3sc(C(=O)N4CCN(CCO)CC4)c(N)c23)cc1. The van der Waals surface area contributed by atoms with E-state index in [0.717, 1.165) is 12.0 Å². The molecule has 2 aromatic heterocycles. The van der Waals surface area contributed by atoms with Crippen LogP contribution >= 0.6 is 11.3 Å². The molecule has 5 N–H and O–H groups in total. The summed E-state index contributed by atoms with van der Waals surface area (Å²) in [5.74, 6) is -0.00839. The van der Waals surface area contributed by atoms with E-state index in [4.69, 9.17) is 16.6 Å². The van der Waals surface area contributed by atoms with Gasteiger partial charge in [-0.3, -0.25) is 9.69 Å². The molecule has 0 radical (unpaired) electrons. The molecule has 0 aliphatic carbocycles. The molecule has 3 heterocycles. The van der Waals surface area contributed by atoms with Crippen molar-refractivity contribution < 1.29 is 9.90 Å². The van der Waals surface area contributed by atoms with Gasteiger partial charge in [0.05, 0.1) is 12.3 Å². The van der Waals surface area contributed by atoms with Gasteiger partial charge in [-0.15, -0.1) is 11.3 Å². The maximum absolute atomic E-state index is 13.3. The highest BCUT2D eigenvalue weighted by atomic mass is 32.1. The fourth-order valence-corrected chi connectivity index (χ4v) is 5.18. The Labute approximate surface area is 190 Å². The zero-order valence-electron chi connectivity index (χ0n) is 18.0. The summed E-state index contributed by atoms with van der Waals surface area (Å²) in [5.41, 5.74) is 15.9. The van der Waals surface area contributed by atoms with Crippen LogP contribution in [0.3, 0.4) is 0 Å². The summed E-state index contributed by atoms with van der Waals surface area (Å²) in [5, 5.41) is 19.5. The Morgan fingerprint density at radius 1 is 1.22 bits per heavy atom. The van der Waals surface area contributed by atoms with Crippen LogP contribution in [0.1, 0.15) is 27.7 Å². The quantitative estimate of drug-likeness (QED) is 0.543. The molecule has 32 heavy (non-hydrogen) atoms. The van der Waals surface area contributed by atoms with E-state index in [-0.39, 0.29) is 23.9 Å². The third kappa shape index (κ3) is 3.88. The van der Waals surface area contributed by atoms with Crippen LogP contribution in [-0.2, 0) is 6.42 Å². The molecule has 0 saturated carbocycles. The number of nitrogen functional groups attached to an aromatic ring is 2. The van der Waals surface area contributed by atoms with Crippen molar-refractivity contribution in [1.82, 2.24) is 14.8 Å². The second-order valence-electron chi connectivity index (χ2n) is 7.79. The highest BCUT2D eigenvalue weighted by Gasteiger charge is 2.28. The summed E-state index contributed by atoms with van der Waals surface area (Å²) >= 11 is 1.22. The Hall–Kier alpha value is -3.19. The van der Waals surface area contributed by atoms with Crippen molar-refractivity contribution >= 4 is 39.0 Å². The van der Waals surface area contributed by atoms with E-state index in [1.54, 1.807) is 4.90 Å². The number of benzene rings is 1. The number of nitrogens with zero attached hydrogens (tertiary/aromatic N) is 4. The minimum atomic E-state index is -0.140. The van der Waals surface area contributed by atoms with Crippen molar-refractivity contribution in [3.63, 3.8) is 0 Å². The summed E-state index contributed by atoms with van der Waals surface area (Å²) in [7, 11) is 0. The predicted octanol–water partition coefficient (Wildman–Crippen LogP) is 2.31. The smallest absolute Gasteiger partial charge is 0.266 e. The van der Waals surface area contributed by atoms with Crippen LogP contribution in [0.4, 0.5) is 11.5 Å². The fraction of sp³-hybridized carbons (Fsp3) is 0.348. The summed E-state index contributed by atoms with van der Waals surface area (Å²) < 4.78 is 0. The van der Waals surface area contributed by atoms with Gasteiger partial charge in [0.2, 0.25) is 0 Å². The molecule has 1 fully saturated rings. The minimum absolute atomic E-state index is 0.105. The Kier molecular flexibility index (Phi) is 6.28. The molecule has 166 valence electrons. The molecule has 1 amide bonds. The van der Waals surface area contributed by atoms with Crippen LogP contribution in [0.15, 0.2) is 24.3 Å². The summed E-state index contributed by atoms with van der Waals surface area (Å²) in [6.07, 6.45) is 0.907. The van der Waals surface area contributed by atoms with Crippen molar-refractivity contribution in [3.05, 3.63) is 40.3 Å². The summed E-state index contributed by atoms with van der Waals surface area (Å²) in [6.45, 7) is 5.33. The molecule has 0 atom stereocenters. The number of aryl methyl sites for hydroxylation is 1. The molecule has 1 aliphatic rings. The first kappa shape index (κ1) is 22.0. The third-order valence-electron chi connectivity index (χ3n) is 5.94. The van der Waals surface area contributed by atoms with Crippen LogP contribution in [-0.4, -0.2) is 65.1 Å². The number of hydrogen-bond acceptors (Lipinski definition) is 8. The molecule has 0 bridgehead atoms. The number of nitriles is 1.